The number of phosphoric acid groups is 1. The number of unbranched alkanes of at least 4 members (excludes halogenated alkanes) is 16. The first-order valence-corrected chi connectivity index (χ1v) is 21.0. The third-order valence-corrected chi connectivity index (χ3v) is 9.06. The third kappa shape index (κ3) is 34.5. The van der Waals surface area contributed by atoms with Crippen LogP contribution in [-0.2, 0) is 37.5 Å². The summed E-state index contributed by atoms with van der Waals surface area (Å²) in [6.07, 6.45) is 35.0. The molecule has 3 atom stereocenters. The van der Waals surface area contributed by atoms with Crippen molar-refractivity contribution in [3.8, 4) is 0 Å². The highest BCUT2D eigenvalue weighted by Crippen LogP contribution is 2.43. The van der Waals surface area contributed by atoms with E-state index in [1.807, 2.05) is 0 Å². The number of carboxylic acid groups (broad SMARTS) is 1. The average Bonchev–Trinajstić information content (AvgIpc) is 3.10. The van der Waals surface area contributed by atoms with Gasteiger partial charge in [0.1, 0.15) is 12.6 Å². The monoisotopic (exact) mass is 743 g/mol. The Morgan fingerprint density at radius 3 is 1.63 bits per heavy atom. The molecule has 0 aliphatic carbocycles. The van der Waals surface area contributed by atoms with Crippen LogP contribution >= 0.6 is 7.82 Å². The van der Waals surface area contributed by atoms with E-state index in [1.165, 1.54) is 57.8 Å². The van der Waals surface area contributed by atoms with Gasteiger partial charge in [-0.3, -0.25) is 23.4 Å². The number of carboxylic acids is 1. The number of esters is 2. The summed E-state index contributed by atoms with van der Waals surface area (Å²) >= 11 is 0. The first-order chi connectivity index (χ1) is 24.6. The molecule has 0 rings (SSSR count). The van der Waals surface area contributed by atoms with E-state index in [0.717, 1.165) is 64.2 Å². The number of aliphatic carboxylic acids is 1. The number of allylic oxidation sites excluding steroid dienone is 6. The van der Waals surface area contributed by atoms with Gasteiger partial charge in [0.25, 0.3) is 0 Å². The lowest BCUT2D eigenvalue weighted by molar-refractivity contribution is -0.161. The summed E-state index contributed by atoms with van der Waals surface area (Å²) < 4.78 is 32.5. The lowest BCUT2D eigenvalue weighted by Gasteiger charge is -2.20. The molecular weight excluding hydrogens is 673 g/mol. The number of nitrogens with two attached hydrogens (primary N) is 1. The minimum absolute atomic E-state index is 0.144. The number of carbonyl (C=O) groups excluding carboxylic acids is 2. The van der Waals surface area contributed by atoms with Gasteiger partial charge in [0, 0.05) is 12.8 Å². The highest BCUT2D eigenvalue weighted by Gasteiger charge is 2.28. The molecule has 0 aromatic carbocycles. The molecule has 0 amide bonds. The predicted octanol–water partition coefficient (Wildman–Crippen LogP) is 9.67. The zero-order valence-electron chi connectivity index (χ0n) is 31.7. The molecule has 0 aromatic rings. The summed E-state index contributed by atoms with van der Waals surface area (Å²) in [5.41, 5.74) is 5.31. The van der Waals surface area contributed by atoms with Gasteiger partial charge in [-0.25, -0.2) is 4.57 Å². The van der Waals surface area contributed by atoms with E-state index in [-0.39, 0.29) is 19.4 Å². The van der Waals surface area contributed by atoms with Crippen LogP contribution in [0, 0.1) is 0 Å². The van der Waals surface area contributed by atoms with E-state index in [4.69, 9.17) is 24.8 Å². The van der Waals surface area contributed by atoms with Crippen LogP contribution in [0.2, 0.25) is 0 Å². The van der Waals surface area contributed by atoms with Gasteiger partial charge >= 0.3 is 25.7 Å². The average molecular weight is 744 g/mol. The molecular formula is C39H70NO10P. The van der Waals surface area contributed by atoms with Crippen molar-refractivity contribution in [1.82, 2.24) is 0 Å². The van der Waals surface area contributed by atoms with Crippen molar-refractivity contribution in [2.45, 2.75) is 174 Å². The Labute approximate surface area is 308 Å². The van der Waals surface area contributed by atoms with E-state index >= 15 is 0 Å². The minimum atomic E-state index is -4.72. The summed E-state index contributed by atoms with van der Waals surface area (Å²) in [5, 5.41) is 8.86. The lowest BCUT2D eigenvalue weighted by Crippen LogP contribution is -2.34. The lowest BCUT2D eigenvalue weighted by atomic mass is 10.1. The van der Waals surface area contributed by atoms with Crippen molar-refractivity contribution in [3.05, 3.63) is 36.5 Å². The predicted molar refractivity (Wildman–Crippen MR) is 203 cm³/mol. The second-order valence-corrected chi connectivity index (χ2v) is 14.5. The molecule has 0 bridgehead atoms. The zero-order valence-corrected chi connectivity index (χ0v) is 32.6. The standard InChI is InChI=1S/C39H70NO10P/c1-3-5-7-9-11-13-15-17-18-19-21-22-24-26-28-30-37(41)47-32-35(33-48-51(45,46)49-34-36(40)39(43)44)50-38(42)31-29-27-25-23-20-16-14-12-10-8-6-4-2/h12,14,17-18,21-22,35-36H,3-11,13,15-16,19-20,23-34,40H2,1-2H3,(H,43,44)(H,45,46)/b14-12+,18-17+,22-21+/t35-,36+/m1/s1. The van der Waals surface area contributed by atoms with Gasteiger partial charge < -0.3 is 25.2 Å². The fourth-order valence-electron chi connectivity index (χ4n) is 4.97. The largest absolute Gasteiger partial charge is 0.480 e. The molecule has 0 spiro atoms. The Morgan fingerprint density at radius 1 is 0.608 bits per heavy atom. The van der Waals surface area contributed by atoms with Crippen LogP contribution in [0.15, 0.2) is 36.5 Å². The molecule has 51 heavy (non-hydrogen) atoms. The molecule has 0 saturated heterocycles. The Morgan fingerprint density at radius 2 is 1.04 bits per heavy atom. The Bertz CT molecular complexity index is 1020. The Balaban J connectivity index is 4.49. The van der Waals surface area contributed by atoms with E-state index in [1.54, 1.807) is 0 Å². The maximum Gasteiger partial charge on any atom is 0.472 e. The van der Waals surface area contributed by atoms with Gasteiger partial charge in [0.2, 0.25) is 0 Å². The fourth-order valence-corrected chi connectivity index (χ4v) is 5.75. The van der Waals surface area contributed by atoms with Gasteiger partial charge in [0.15, 0.2) is 6.10 Å². The van der Waals surface area contributed by atoms with Crippen LogP contribution in [0.5, 0.6) is 0 Å². The van der Waals surface area contributed by atoms with Gasteiger partial charge in [-0.2, -0.15) is 0 Å². The summed E-state index contributed by atoms with van der Waals surface area (Å²) in [4.78, 5) is 45.7. The molecule has 11 nitrogen and oxygen atoms in total. The van der Waals surface area contributed by atoms with Crippen LogP contribution in [0.3, 0.4) is 0 Å². The number of ether oxygens (including phenoxy) is 2. The van der Waals surface area contributed by atoms with E-state index < -0.39 is 51.1 Å². The Kier molecular flexibility index (Phi) is 33.2. The van der Waals surface area contributed by atoms with Crippen molar-refractivity contribution in [1.29, 1.82) is 0 Å². The molecule has 1 unspecified atom stereocenters. The highest BCUT2D eigenvalue weighted by molar-refractivity contribution is 7.47. The summed E-state index contributed by atoms with van der Waals surface area (Å²) in [7, 11) is -4.72. The van der Waals surface area contributed by atoms with Crippen LogP contribution in [-0.4, -0.2) is 59.9 Å². The summed E-state index contributed by atoms with van der Waals surface area (Å²) in [5.74, 6) is -2.43. The number of carbonyl (C=O) groups is 3. The molecule has 12 heteroatoms. The molecule has 0 radical (unpaired) electrons. The van der Waals surface area contributed by atoms with Crippen LogP contribution < -0.4 is 5.73 Å². The number of rotatable bonds is 36. The van der Waals surface area contributed by atoms with Crippen molar-refractivity contribution in [3.63, 3.8) is 0 Å². The van der Waals surface area contributed by atoms with Crippen LogP contribution in [0.4, 0.5) is 0 Å². The molecule has 4 N–H and O–H groups in total. The first kappa shape index (κ1) is 48.7. The van der Waals surface area contributed by atoms with Gasteiger partial charge in [-0.1, -0.05) is 115 Å². The third-order valence-electron chi connectivity index (χ3n) is 8.11. The minimum Gasteiger partial charge on any atom is -0.480 e. The van der Waals surface area contributed by atoms with Gasteiger partial charge in [-0.15, -0.1) is 0 Å². The van der Waals surface area contributed by atoms with Gasteiger partial charge in [0.05, 0.1) is 13.2 Å². The second-order valence-electron chi connectivity index (χ2n) is 13.1. The van der Waals surface area contributed by atoms with Crippen molar-refractivity contribution >= 4 is 25.7 Å². The highest BCUT2D eigenvalue weighted by atomic mass is 31.2. The van der Waals surface area contributed by atoms with E-state index in [0.29, 0.717) is 12.8 Å². The number of hydrogen-bond acceptors (Lipinski definition) is 9. The molecule has 0 heterocycles. The molecule has 0 saturated carbocycles. The van der Waals surface area contributed by atoms with Crippen molar-refractivity contribution in [2.75, 3.05) is 19.8 Å². The molecule has 296 valence electrons. The summed E-state index contributed by atoms with van der Waals surface area (Å²) in [6.45, 7) is 2.70. The molecule has 0 aromatic heterocycles. The maximum absolute atomic E-state index is 12.5. The first-order valence-electron chi connectivity index (χ1n) is 19.5. The zero-order chi connectivity index (χ0) is 37.8. The number of phosphoric ester groups is 1. The topological polar surface area (TPSA) is 172 Å². The smallest absolute Gasteiger partial charge is 0.472 e. The quantitative estimate of drug-likeness (QED) is 0.0241. The Hall–Kier alpha value is -2.30. The SMILES string of the molecule is CCCCC/C=C/CCCCCCCC(=O)O[C@H](COC(=O)CCCC/C=C/C/C=C/CCCCCCCC)COP(=O)(O)OC[C@H](N)C(=O)O. The van der Waals surface area contributed by atoms with Crippen molar-refractivity contribution in [2.24, 2.45) is 5.73 Å². The van der Waals surface area contributed by atoms with Crippen LogP contribution in [0.1, 0.15) is 162 Å². The molecule has 0 fully saturated rings. The van der Waals surface area contributed by atoms with E-state index in [2.05, 4.69) is 54.8 Å². The molecule has 0 aliphatic rings. The van der Waals surface area contributed by atoms with Crippen LogP contribution in [0.25, 0.3) is 0 Å². The fraction of sp³-hybridized carbons (Fsp3) is 0.769. The van der Waals surface area contributed by atoms with E-state index in [9.17, 15) is 23.8 Å². The normalized spacial score (nSPS) is 14.3. The molecule has 0 aliphatic heterocycles. The summed E-state index contributed by atoms with van der Waals surface area (Å²) in [6, 6.07) is -1.53. The second kappa shape index (κ2) is 34.8. The van der Waals surface area contributed by atoms with Crippen molar-refractivity contribution < 1.29 is 47.5 Å². The maximum atomic E-state index is 12.5. The number of hydrogen-bond donors (Lipinski definition) is 3. The van der Waals surface area contributed by atoms with Gasteiger partial charge in [-0.05, 0) is 70.6 Å².